The van der Waals surface area contributed by atoms with E-state index in [1.54, 1.807) is 12.1 Å². The third kappa shape index (κ3) is 3.20. The van der Waals surface area contributed by atoms with Crippen molar-refractivity contribution in [2.24, 2.45) is 5.73 Å². The lowest BCUT2D eigenvalue weighted by Gasteiger charge is -2.13. The molecule has 1 aromatic rings. The topological polar surface area (TPSA) is 64.3 Å². The third-order valence-electron chi connectivity index (χ3n) is 3.00. The van der Waals surface area contributed by atoms with Crippen LogP contribution in [0.25, 0.3) is 0 Å². The lowest BCUT2D eigenvalue weighted by atomic mass is 10.1. The molecule has 1 saturated heterocycles. The van der Waals surface area contributed by atoms with Gasteiger partial charge in [0.2, 0.25) is 5.91 Å². The van der Waals surface area contributed by atoms with E-state index >= 15 is 0 Å². The van der Waals surface area contributed by atoms with Crippen molar-refractivity contribution in [3.05, 3.63) is 29.8 Å². The molecule has 1 aromatic carbocycles. The van der Waals surface area contributed by atoms with Gasteiger partial charge in [-0.1, -0.05) is 6.07 Å². The summed E-state index contributed by atoms with van der Waals surface area (Å²) in [5, 5.41) is 3.27. The fourth-order valence-corrected chi connectivity index (χ4v) is 2.05. The largest absolute Gasteiger partial charge is 0.382 e. The van der Waals surface area contributed by atoms with Crippen molar-refractivity contribution >= 4 is 11.6 Å². The van der Waals surface area contributed by atoms with Crippen molar-refractivity contribution in [1.29, 1.82) is 0 Å². The van der Waals surface area contributed by atoms with Gasteiger partial charge in [-0.25, -0.2) is 0 Å². The molecule has 2 unspecified atom stereocenters. The van der Waals surface area contributed by atoms with Crippen LogP contribution < -0.4 is 11.1 Å². The first-order valence-electron chi connectivity index (χ1n) is 5.94. The van der Waals surface area contributed by atoms with Crippen LogP contribution in [0.2, 0.25) is 0 Å². The molecule has 0 aromatic heterocycles. The molecule has 2 rings (SSSR count). The number of hydrogen-bond acceptors (Lipinski definition) is 3. The maximum atomic E-state index is 11.0. The second kappa shape index (κ2) is 5.19. The number of nitrogens with two attached hydrogens (primary N) is 1. The molecule has 1 fully saturated rings. The van der Waals surface area contributed by atoms with Crippen LogP contribution in [0.1, 0.15) is 30.1 Å². The van der Waals surface area contributed by atoms with Gasteiger partial charge in [0, 0.05) is 17.8 Å². The SMILES string of the molecule is CC1CCC(CNc2cccc(C(N)=O)c2)O1. The van der Waals surface area contributed by atoms with Crippen molar-refractivity contribution < 1.29 is 9.53 Å². The van der Waals surface area contributed by atoms with Crippen LogP contribution in [0.5, 0.6) is 0 Å². The second-order valence-electron chi connectivity index (χ2n) is 4.47. The summed E-state index contributed by atoms with van der Waals surface area (Å²) in [6.45, 7) is 2.86. The van der Waals surface area contributed by atoms with E-state index in [1.165, 1.54) is 0 Å². The van der Waals surface area contributed by atoms with Crippen molar-refractivity contribution in [3.63, 3.8) is 0 Å². The average molecular weight is 234 g/mol. The van der Waals surface area contributed by atoms with Crippen molar-refractivity contribution in [2.75, 3.05) is 11.9 Å². The summed E-state index contributed by atoms with van der Waals surface area (Å²) in [6, 6.07) is 7.22. The molecule has 0 spiro atoms. The van der Waals surface area contributed by atoms with Gasteiger partial charge in [-0.2, -0.15) is 0 Å². The van der Waals surface area contributed by atoms with E-state index in [-0.39, 0.29) is 6.10 Å². The smallest absolute Gasteiger partial charge is 0.248 e. The van der Waals surface area contributed by atoms with Crippen LogP contribution in [0.3, 0.4) is 0 Å². The minimum Gasteiger partial charge on any atom is -0.382 e. The summed E-state index contributed by atoms with van der Waals surface area (Å²) in [5.74, 6) is -0.403. The highest BCUT2D eigenvalue weighted by atomic mass is 16.5. The summed E-state index contributed by atoms with van der Waals surface area (Å²) in [5.41, 5.74) is 6.66. The van der Waals surface area contributed by atoms with Gasteiger partial charge < -0.3 is 15.8 Å². The minimum atomic E-state index is -0.403. The van der Waals surface area contributed by atoms with Crippen LogP contribution in [-0.4, -0.2) is 24.7 Å². The second-order valence-corrected chi connectivity index (χ2v) is 4.47. The normalized spacial score (nSPS) is 23.6. The fraction of sp³-hybridized carbons (Fsp3) is 0.462. The van der Waals surface area contributed by atoms with Gasteiger partial charge in [0.05, 0.1) is 12.2 Å². The molecule has 1 aliphatic heterocycles. The lowest BCUT2D eigenvalue weighted by molar-refractivity contribution is 0.0637. The number of benzene rings is 1. The molecule has 0 bridgehead atoms. The van der Waals surface area contributed by atoms with Gasteiger partial charge in [0.15, 0.2) is 0 Å². The van der Waals surface area contributed by atoms with E-state index in [0.29, 0.717) is 11.7 Å². The molecule has 1 heterocycles. The Morgan fingerprint density at radius 1 is 1.53 bits per heavy atom. The standard InChI is InChI=1S/C13H18N2O2/c1-9-5-6-12(17-9)8-15-11-4-2-3-10(7-11)13(14)16/h2-4,7,9,12,15H,5-6,8H2,1H3,(H2,14,16). The number of ether oxygens (including phenoxy) is 1. The Morgan fingerprint density at radius 2 is 2.35 bits per heavy atom. The van der Waals surface area contributed by atoms with E-state index in [9.17, 15) is 4.79 Å². The fourth-order valence-electron chi connectivity index (χ4n) is 2.05. The molecule has 0 aliphatic carbocycles. The number of carbonyl (C=O) groups excluding carboxylic acids is 1. The first-order valence-corrected chi connectivity index (χ1v) is 5.94. The number of rotatable bonds is 4. The van der Waals surface area contributed by atoms with Crippen LogP contribution in [0, 0.1) is 0 Å². The number of amides is 1. The van der Waals surface area contributed by atoms with Crippen molar-refractivity contribution in [2.45, 2.75) is 32.0 Å². The summed E-state index contributed by atoms with van der Waals surface area (Å²) in [6.07, 6.45) is 2.83. The van der Waals surface area contributed by atoms with Crippen molar-refractivity contribution in [3.8, 4) is 0 Å². The molecule has 92 valence electrons. The Labute approximate surface area is 101 Å². The minimum absolute atomic E-state index is 0.266. The summed E-state index contributed by atoms with van der Waals surface area (Å²) in [4.78, 5) is 11.0. The zero-order valence-corrected chi connectivity index (χ0v) is 9.98. The number of anilines is 1. The maximum absolute atomic E-state index is 11.0. The molecular formula is C13H18N2O2. The van der Waals surface area contributed by atoms with Crippen LogP contribution >= 0.6 is 0 Å². The highest BCUT2D eigenvalue weighted by molar-refractivity contribution is 5.93. The van der Waals surface area contributed by atoms with Gasteiger partial charge in [-0.3, -0.25) is 4.79 Å². The van der Waals surface area contributed by atoms with Crippen LogP contribution in [0.15, 0.2) is 24.3 Å². The quantitative estimate of drug-likeness (QED) is 0.834. The third-order valence-corrected chi connectivity index (χ3v) is 3.00. The van der Waals surface area contributed by atoms with E-state index in [1.807, 2.05) is 12.1 Å². The summed E-state index contributed by atoms with van der Waals surface area (Å²) >= 11 is 0. The monoisotopic (exact) mass is 234 g/mol. The van der Waals surface area contributed by atoms with Gasteiger partial charge in [0.1, 0.15) is 0 Å². The van der Waals surface area contributed by atoms with E-state index in [0.717, 1.165) is 25.1 Å². The Bertz CT molecular complexity index is 406. The molecule has 4 nitrogen and oxygen atoms in total. The maximum Gasteiger partial charge on any atom is 0.248 e. The molecule has 4 heteroatoms. The Hall–Kier alpha value is -1.55. The van der Waals surface area contributed by atoms with E-state index in [2.05, 4.69) is 12.2 Å². The zero-order valence-electron chi connectivity index (χ0n) is 9.98. The highest BCUT2D eigenvalue weighted by Gasteiger charge is 2.21. The average Bonchev–Trinajstić information content (AvgIpc) is 2.73. The number of carbonyl (C=O) groups is 1. The molecule has 0 saturated carbocycles. The van der Waals surface area contributed by atoms with E-state index < -0.39 is 5.91 Å². The number of hydrogen-bond donors (Lipinski definition) is 2. The molecule has 1 amide bonds. The molecular weight excluding hydrogens is 216 g/mol. The lowest BCUT2D eigenvalue weighted by Crippen LogP contribution is -2.20. The Balaban J connectivity index is 1.90. The zero-order chi connectivity index (χ0) is 12.3. The van der Waals surface area contributed by atoms with Crippen LogP contribution in [-0.2, 0) is 4.74 Å². The Kier molecular flexibility index (Phi) is 3.64. The molecule has 2 atom stereocenters. The van der Waals surface area contributed by atoms with Gasteiger partial charge in [-0.15, -0.1) is 0 Å². The Morgan fingerprint density at radius 3 is 3.00 bits per heavy atom. The molecule has 3 N–H and O–H groups in total. The van der Waals surface area contributed by atoms with Crippen molar-refractivity contribution in [1.82, 2.24) is 0 Å². The molecule has 17 heavy (non-hydrogen) atoms. The molecule has 1 aliphatic rings. The predicted molar refractivity (Wildman–Crippen MR) is 67.0 cm³/mol. The predicted octanol–water partition coefficient (Wildman–Crippen LogP) is 1.76. The number of primary amides is 1. The molecule has 0 radical (unpaired) electrons. The van der Waals surface area contributed by atoms with Gasteiger partial charge >= 0.3 is 0 Å². The van der Waals surface area contributed by atoms with E-state index in [4.69, 9.17) is 10.5 Å². The van der Waals surface area contributed by atoms with Gasteiger partial charge in [-0.05, 0) is 38.0 Å². The summed E-state index contributed by atoms with van der Waals surface area (Å²) in [7, 11) is 0. The summed E-state index contributed by atoms with van der Waals surface area (Å²) < 4.78 is 5.71. The highest BCUT2D eigenvalue weighted by Crippen LogP contribution is 2.19. The first-order chi connectivity index (χ1) is 8.15. The van der Waals surface area contributed by atoms with Gasteiger partial charge in [0.25, 0.3) is 0 Å². The number of nitrogens with one attached hydrogen (secondary N) is 1. The van der Waals surface area contributed by atoms with Crippen LogP contribution in [0.4, 0.5) is 5.69 Å². The first kappa shape index (κ1) is 11.9.